The van der Waals surface area contributed by atoms with E-state index in [4.69, 9.17) is 10.5 Å². The maximum absolute atomic E-state index is 9.91. The van der Waals surface area contributed by atoms with E-state index in [0.717, 1.165) is 0 Å². The van der Waals surface area contributed by atoms with Gasteiger partial charge in [-0.05, 0) is 6.42 Å². The molecule has 0 fully saturated rings. The number of nitrogens with zero attached hydrogens (tertiary/aromatic N) is 2. The average molecular weight is 186 g/mol. The molecule has 0 spiro atoms. The normalized spacial score (nSPS) is 23.6. The molecule has 0 radical (unpaired) electrons. The van der Waals surface area contributed by atoms with Gasteiger partial charge in [0, 0.05) is 6.42 Å². The molecule has 1 unspecified atom stereocenters. The summed E-state index contributed by atoms with van der Waals surface area (Å²) in [5.74, 6) is 0. The average Bonchev–Trinajstić information content (AvgIpc) is 2.20. The van der Waals surface area contributed by atoms with Crippen molar-refractivity contribution in [3.8, 4) is 12.1 Å². The fourth-order valence-electron chi connectivity index (χ4n) is 1.20. The predicted octanol–water partition coefficient (Wildman–Crippen LogP) is 1.60. The van der Waals surface area contributed by atoms with Gasteiger partial charge in [0.15, 0.2) is 0 Å². The number of nitriles is 2. The van der Waals surface area contributed by atoms with Crippen LogP contribution in [0.1, 0.15) is 12.8 Å². The molecule has 14 heavy (non-hydrogen) atoms. The summed E-state index contributed by atoms with van der Waals surface area (Å²) in [4.78, 5) is 0. The number of allylic oxidation sites excluding steroid dienone is 3. The Morgan fingerprint density at radius 3 is 2.64 bits per heavy atom. The van der Waals surface area contributed by atoms with Crippen LogP contribution >= 0.6 is 0 Å². The topological polar surface area (TPSA) is 67.8 Å². The molecule has 3 nitrogen and oxygen atoms in total. The smallest absolute Gasteiger partial charge is 0.125 e. The molecule has 0 saturated heterocycles. The van der Waals surface area contributed by atoms with Crippen molar-refractivity contribution in [1.82, 2.24) is 0 Å². The molecule has 0 saturated carbocycles. The third-order valence-electron chi connectivity index (χ3n) is 2.03. The van der Waals surface area contributed by atoms with Gasteiger partial charge in [-0.3, -0.25) is 0 Å². The lowest BCUT2D eigenvalue weighted by atomic mass is 9.91. The molecule has 1 rings (SSSR count). The molecule has 0 aliphatic heterocycles. The highest BCUT2D eigenvalue weighted by molar-refractivity contribution is 5.35. The van der Waals surface area contributed by atoms with Crippen LogP contribution in [0, 0.1) is 22.7 Å². The molecule has 0 amide bonds. The molecule has 70 valence electrons. The zero-order valence-electron chi connectivity index (χ0n) is 7.64. The van der Waals surface area contributed by atoms with Crippen molar-refractivity contribution in [3.05, 3.63) is 36.0 Å². The van der Waals surface area contributed by atoms with Crippen LogP contribution in [0.5, 0.6) is 0 Å². The molecular formula is C11H10N2O. The predicted molar refractivity (Wildman–Crippen MR) is 51.8 cm³/mol. The number of hydrogen-bond donors (Lipinski definition) is 1. The van der Waals surface area contributed by atoms with Gasteiger partial charge in [0.05, 0.1) is 5.60 Å². The highest BCUT2D eigenvalue weighted by atomic mass is 16.3. The van der Waals surface area contributed by atoms with Gasteiger partial charge >= 0.3 is 0 Å². The zero-order valence-corrected chi connectivity index (χ0v) is 7.64. The first-order chi connectivity index (χ1) is 6.70. The monoisotopic (exact) mass is 186 g/mol. The first-order valence-electron chi connectivity index (χ1n) is 4.27. The largest absolute Gasteiger partial charge is 0.385 e. The van der Waals surface area contributed by atoms with Gasteiger partial charge < -0.3 is 5.11 Å². The molecule has 3 heteroatoms. The van der Waals surface area contributed by atoms with Gasteiger partial charge in [0.2, 0.25) is 0 Å². The standard InChI is InChI=1S/C11H10N2O/c12-8-10(9-13)4-7-11(14)5-2-1-3-6-11/h1-5,14H,6-7H2. The molecule has 0 heterocycles. The lowest BCUT2D eigenvalue weighted by molar-refractivity contribution is 0.0963. The van der Waals surface area contributed by atoms with E-state index in [0.29, 0.717) is 12.8 Å². The first kappa shape index (κ1) is 10.2. The van der Waals surface area contributed by atoms with Crippen molar-refractivity contribution in [1.29, 1.82) is 10.5 Å². The summed E-state index contributed by atoms with van der Waals surface area (Å²) in [6, 6.07) is 3.51. The van der Waals surface area contributed by atoms with Crippen molar-refractivity contribution >= 4 is 0 Å². The van der Waals surface area contributed by atoms with E-state index in [-0.39, 0.29) is 5.57 Å². The minimum Gasteiger partial charge on any atom is -0.385 e. The lowest BCUT2D eigenvalue weighted by Crippen LogP contribution is -2.25. The summed E-state index contributed by atoms with van der Waals surface area (Å²) in [6.07, 6.45) is 9.42. The summed E-state index contributed by atoms with van der Waals surface area (Å²) in [5.41, 5.74) is -0.894. The van der Waals surface area contributed by atoms with Gasteiger partial charge in [-0.15, -0.1) is 0 Å². The molecule has 1 N–H and O–H groups in total. The van der Waals surface area contributed by atoms with Crippen molar-refractivity contribution in [3.63, 3.8) is 0 Å². The van der Waals surface area contributed by atoms with E-state index in [2.05, 4.69) is 0 Å². The minimum atomic E-state index is -0.937. The van der Waals surface area contributed by atoms with Gasteiger partial charge in [-0.1, -0.05) is 30.4 Å². The molecular weight excluding hydrogens is 176 g/mol. The van der Waals surface area contributed by atoms with Crippen molar-refractivity contribution in [2.75, 3.05) is 0 Å². The molecule has 1 atom stereocenters. The van der Waals surface area contributed by atoms with Crippen LogP contribution in [0.25, 0.3) is 0 Å². The molecule has 1 aliphatic rings. The second-order valence-corrected chi connectivity index (χ2v) is 3.14. The zero-order chi connectivity index (χ0) is 10.4. The number of rotatable bonds is 2. The Morgan fingerprint density at radius 2 is 2.14 bits per heavy atom. The highest BCUT2D eigenvalue weighted by Crippen LogP contribution is 2.22. The second kappa shape index (κ2) is 4.41. The quantitative estimate of drug-likeness (QED) is 0.666. The Labute approximate surface area is 82.9 Å². The third kappa shape index (κ3) is 2.58. The molecule has 0 bridgehead atoms. The van der Waals surface area contributed by atoms with Crippen LogP contribution in [-0.4, -0.2) is 10.7 Å². The fourth-order valence-corrected chi connectivity index (χ4v) is 1.20. The lowest BCUT2D eigenvalue weighted by Gasteiger charge is -2.22. The first-order valence-corrected chi connectivity index (χ1v) is 4.27. The van der Waals surface area contributed by atoms with Crippen LogP contribution in [-0.2, 0) is 0 Å². The third-order valence-corrected chi connectivity index (χ3v) is 2.03. The van der Waals surface area contributed by atoms with E-state index >= 15 is 0 Å². The summed E-state index contributed by atoms with van der Waals surface area (Å²) in [6.45, 7) is 0. The van der Waals surface area contributed by atoms with Crippen LogP contribution in [0.15, 0.2) is 36.0 Å². The van der Waals surface area contributed by atoms with E-state index < -0.39 is 5.60 Å². The van der Waals surface area contributed by atoms with Gasteiger partial charge in [0.1, 0.15) is 17.7 Å². The van der Waals surface area contributed by atoms with Crippen LogP contribution in [0.2, 0.25) is 0 Å². The van der Waals surface area contributed by atoms with E-state index in [1.807, 2.05) is 12.2 Å². The van der Waals surface area contributed by atoms with Crippen LogP contribution < -0.4 is 0 Å². The van der Waals surface area contributed by atoms with Crippen LogP contribution in [0.3, 0.4) is 0 Å². The van der Waals surface area contributed by atoms with E-state index in [9.17, 15) is 5.11 Å². The summed E-state index contributed by atoms with van der Waals surface area (Å²) in [5, 5.41) is 26.9. The van der Waals surface area contributed by atoms with Gasteiger partial charge in [-0.25, -0.2) is 0 Å². The SMILES string of the molecule is N#CC(C#N)=CCC1(O)C=CC=CC1. The summed E-state index contributed by atoms with van der Waals surface area (Å²) >= 11 is 0. The summed E-state index contributed by atoms with van der Waals surface area (Å²) in [7, 11) is 0. The van der Waals surface area contributed by atoms with Gasteiger partial charge in [0.25, 0.3) is 0 Å². The maximum atomic E-state index is 9.91. The van der Waals surface area contributed by atoms with E-state index in [1.54, 1.807) is 24.3 Å². The second-order valence-electron chi connectivity index (χ2n) is 3.14. The maximum Gasteiger partial charge on any atom is 0.125 e. The molecule has 1 aliphatic carbocycles. The van der Waals surface area contributed by atoms with Crippen molar-refractivity contribution in [2.45, 2.75) is 18.4 Å². The molecule has 0 aromatic heterocycles. The summed E-state index contributed by atoms with van der Waals surface area (Å²) < 4.78 is 0. The number of hydrogen-bond acceptors (Lipinski definition) is 3. The Balaban J connectivity index is 2.67. The van der Waals surface area contributed by atoms with Crippen molar-refractivity contribution in [2.24, 2.45) is 0 Å². The Hall–Kier alpha value is -1.84. The van der Waals surface area contributed by atoms with Crippen LogP contribution in [0.4, 0.5) is 0 Å². The fraction of sp³-hybridized carbons (Fsp3) is 0.273. The Bertz CT molecular complexity index is 363. The minimum absolute atomic E-state index is 0.0429. The Kier molecular flexibility index (Phi) is 3.23. The van der Waals surface area contributed by atoms with Crippen molar-refractivity contribution < 1.29 is 5.11 Å². The van der Waals surface area contributed by atoms with E-state index in [1.165, 1.54) is 6.08 Å². The van der Waals surface area contributed by atoms with Gasteiger partial charge in [-0.2, -0.15) is 10.5 Å². The number of aliphatic hydroxyl groups is 1. The molecule has 0 aromatic carbocycles. The molecule has 0 aromatic rings. The highest BCUT2D eigenvalue weighted by Gasteiger charge is 2.21. The Morgan fingerprint density at radius 1 is 1.43 bits per heavy atom.